The van der Waals surface area contributed by atoms with Gasteiger partial charge in [0.1, 0.15) is 0 Å². The first kappa shape index (κ1) is 16.8. The molecule has 0 amide bonds. The fourth-order valence-corrected chi connectivity index (χ4v) is 4.00. The highest BCUT2D eigenvalue weighted by molar-refractivity contribution is 7.92. The van der Waals surface area contributed by atoms with Crippen LogP contribution < -0.4 is 9.62 Å². The number of hydrogen-bond donors (Lipinski definition) is 1. The zero-order valence-electron chi connectivity index (χ0n) is 14.2. The Hall–Kier alpha value is -2.01. The van der Waals surface area contributed by atoms with Crippen molar-refractivity contribution in [1.82, 2.24) is 0 Å². The van der Waals surface area contributed by atoms with Crippen molar-refractivity contribution in [1.29, 1.82) is 0 Å². The number of rotatable bonds is 4. The lowest BCUT2D eigenvalue weighted by molar-refractivity contribution is 0.438. The van der Waals surface area contributed by atoms with Crippen LogP contribution in [0.3, 0.4) is 0 Å². The normalized spacial score (nSPS) is 16.2. The molecule has 0 radical (unpaired) electrons. The summed E-state index contributed by atoms with van der Waals surface area (Å²) >= 11 is 0. The molecule has 1 aliphatic heterocycles. The van der Waals surface area contributed by atoms with Crippen molar-refractivity contribution in [2.24, 2.45) is 5.92 Å². The minimum Gasteiger partial charge on any atom is -0.372 e. The third kappa shape index (κ3) is 3.90. The zero-order valence-corrected chi connectivity index (χ0v) is 15.0. The molecule has 0 bridgehead atoms. The van der Waals surface area contributed by atoms with E-state index in [1.807, 2.05) is 31.2 Å². The van der Waals surface area contributed by atoms with E-state index in [2.05, 4.69) is 16.5 Å². The molecule has 2 aromatic carbocycles. The molecule has 128 valence electrons. The maximum absolute atomic E-state index is 12.4. The van der Waals surface area contributed by atoms with Gasteiger partial charge in [-0.1, -0.05) is 24.6 Å². The fourth-order valence-electron chi connectivity index (χ4n) is 2.94. The Balaban J connectivity index is 1.70. The van der Waals surface area contributed by atoms with Crippen LogP contribution in [0, 0.1) is 12.8 Å². The number of sulfonamides is 1. The third-order valence-corrected chi connectivity index (χ3v) is 6.00. The SMILES string of the molecule is Cc1ccc(S(=O)(=O)Nc2ccc(N3CCC(C)CC3)cc2)cc1. The maximum atomic E-state index is 12.4. The Labute approximate surface area is 144 Å². The van der Waals surface area contributed by atoms with Crippen LogP contribution in [0.4, 0.5) is 11.4 Å². The van der Waals surface area contributed by atoms with Crippen molar-refractivity contribution >= 4 is 21.4 Å². The molecule has 0 atom stereocenters. The Kier molecular flexibility index (Phi) is 4.81. The minimum atomic E-state index is -3.54. The summed E-state index contributed by atoms with van der Waals surface area (Å²) < 4.78 is 27.5. The Morgan fingerprint density at radius 3 is 2.12 bits per heavy atom. The first-order chi connectivity index (χ1) is 11.4. The second-order valence-electron chi connectivity index (χ2n) is 6.63. The number of nitrogens with one attached hydrogen (secondary N) is 1. The van der Waals surface area contributed by atoms with Gasteiger partial charge in [-0.2, -0.15) is 0 Å². The molecule has 1 N–H and O–H groups in total. The summed E-state index contributed by atoms with van der Waals surface area (Å²) in [6.45, 7) is 6.36. The molecule has 0 aliphatic carbocycles. The van der Waals surface area contributed by atoms with Gasteiger partial charge in [0.05, 0.1) is 4.90 Å². The molecule has 1 saturated heterocycles. The second-order valence-corrected chi connectivity index (χ2v) is 8.32. The Morgan fingerprint density at radius 1 is 0.958 bits per heavy atom. The second kappa shape index (κ2) is 6.85. The molecule has 24 heavy (non-hydrogen) atoms. The fraction of sp³-hybridized carbons (Fsp3) is 0.368. The molecule has 1 fully saturated rings. The standard InChI is InChI=1S/C19H24N2O2S/c1-15-3-9-19(10-4-15)24(22,23)20-17-5-7-18(8-6-17)21-13-11-16(2)12-14-21/h3-10,16,20H,11-14H2,1-2H3. The monoisotopic (exact) mass is 344 g/mol. The smallest absolute Gasteiger partial charge is 0.261 e. The van der Waals surface area contributed by atoms with Crippen LogP contribution >= 0.6 is 0 Å². The summed E-state index contributed by atoms with van der Waals surface area (Å²) in [7, 11) is -3.54. The molecular weight excluding hydrogens is 320 g/mol. The van der Waals surface area contributed by atoms with Gasteiger partial charge in [-0.3, -0.25) is 4.72 Å². The van der Waals surface area contributed by atoms with Gasteiger partial charge in [0, 0.05) is 24.5 Å². The van der Waals surface area contributed by atoms with Gasteiger partial charge in [-0.15, -0.1) is 0 Å². The molecule has 0 spiro atoms. The minimum absolute atomic E-state index is 0.280. The third-order valence-electron chi connectivity index (χ3n) is 4.60. The first-order valence-corrected chi connectivity index (χ1v) is 9.87. The largest absolute Gasteiger partial charge is 0.372 e. The average Bonchev–Trinajstić information content (AvgIpc) is 2.56. The zero-order chi connectivity index (χ0) is 17.2. The number of piperidine rings is 1. The molecule has 0 unspecified atom stereocenters. The van der Waals surface area contributed by atoms with Crippen molar-refractivity contribution < 1.29 is 8.42 Å². The summed E-state index contributed by atoms with van der Waals surface area (Å²) in [5.74, 6) is 0.793. The predicted molar refractivity (Wildman–Crippen MR) is 99.0 cm³/mol. The van der Waals surface area contributed by atoms with E-state index in [0.29, 0.717) is 5.69 Å². The molecule has 0 saturated carbocycles. The number of nitrogens with zero attached hydrogens (tertiary/aromatic N) is 1. The van der Waals surface area contributed by atoms with Crippen LogP contribution in [-0.4, -0.2) is 21.5 Å². The summed E-state index contributed by atoms with van der Waals surface area (Å²) in [4.78, 5) is 2.64. The van der Waals surface area contributed by atoms with E-state index in [1.54, 1.807) is 24.3 Å². The Bertz CT molecular complexity index is 775. The van der Waals surface area contributed by atoms with Gasteiger partial charge < -0.3 is 4.90 Å². The van der Waals surface area contributed by atoms with E-state index in [4.69, 9.17) is 0 Å². The highest BCUT2D eigenvalue weighted by Crippen LogP contribution is 2.25. The van der Waals surface area contributed by atoms with E-state index < -0.39 is 10.0 Å². The van der Waals surface area contributed by atoms with Crippen LogP contribution in [0.5, 0.6) is 0 Å². The lowest BCUT2D eigenvalue weighted by Crippen LogP contribution is -2.32. The van der Waals surface area contributed by atoms with Crippen molar-refractivity contribution in [3.63, 3.8) is 0 Å². The molecule has 3 rings (SSSR count). The van der Waals surface area contributed by atoms with Crippen molar-refractivity contribution in [2.45, 2.75) is 31.6 Å². The topological polar surface area (TPSA) is 49.4 Å². The maximum Gasteiger partial charge on any atom is 0.261 e. The summed E-state index contributed by atoms with van der Waals surface area (Å²) in [5.41, 5.74) is 2.78. The molecule has 2 aromatic rings. The van der Waals surface area contributed by atoms with Crippen LogP contribution in [-0.2, 0) is 10.0 Å². The highest BCUT2D eigenvalue weighted by Gasteiger charge is 2.17. The summed E-state index contributed by atoms with van der Waals surface area (Å²) in [6.07, 6.45) is 2.42. The average molecular weight is 344 g/mol. The number of anilines is 2. The lowest BCUT2D eigenvalue weighted by Gasteiger charge is -2.32. The van der Waals surface area contributed by atoms with E-state index in [0.717, 1.165) is 30.3 Å². The van der Waals surface area contributed by atoms with Crippen LogP contribution in [0.25, 0.3) is 0 Å². The van der Waals surface area contributed by atoms with Crippen LogP contribution in [0.15, 0.2) is 53.4 Å². The van der Waals surface area contributed by atoms with Gasteiger partial charge in [-0.05, 0) is 62.1 Å². The molecule has 1 aliphatic rings. The van der Waals surface area contributed by atoms with E-state index in [1.165, 1.54) is 12.8 Å². The number of benzene rings is 2. The van der Waals surface area contributed by atoms with Crippen molar-refractivity contribution in [2.75, 3.05) is 22.7 Å². The highest BCUT2D eigenvalue weighted by atomic mass is 32.2. The summed E-state index contributed by atoms with van der Waals surface area (Å²) in [5, 5.41) is 0. The number of hydrogen-bond acceptors (Lipinski definition) is 3. The summed E-state index contributed by atoms with van der Waals surface area (Å²) in [6, 6.07) is 14.5. The quantitative estimate of drug-likeness (QED) is 0.911. The van der Waals surface area contributed by atoms with Crippen LogP contribution in [0.1, 0.15) is 25.3 Å². The Morgan fingerprint density at radius 2 is 1.54 bits per heavy atom. The van der Waals surface area contributed by atoms with E-state index >= 15 is 0 Å². The van der Waals surface area contributed by atoms with Crippen molar-refractivity contribution in [3.8, 4) is 0 Å². The molecular formula is C19H24N2O2S. The number of aryl methyl sites for hydroxylation is 1. The van der Waals surface area contributed by atoms with E-state index in [9.17, 15) is 8.42 Å². The van der Waals surface area contributed by atoms with E-state index in [-0.39, 0.29) is 4.90 Å². The molecule has 1 heterocycles. The molecule has 4 nitrogen and oxygen atoms in total. The van der Waals surface area contributed by atoms with Gasteiger partial charge >= 0.3 is 0 Å². The van der Waals surface area contributed by atoms with Gasteiger partial charge in [0.15, 0.2) is 0 Å². The van der Waals surface area contributed by atoms with Gasteiger partial charge in [0.25, 0.3) is 10.0 Å². The predicted octanol–water partition coefficient (Wildman–Crippen LogP) is 4.03. The lowest BCUT2D eigenvalue weighted by atomic mass is 9.99. The molecule has 5 heteroatoms. The van der Waals surface area contributed by atoms with Gasteiger partial charge in [0.2, 0.25) is 0 Å². The molecule has 0 aromatic heterocycles. The van der Waals surface area contributed by atoms with Crippen LogP contribution in [0.2, 0.25) is 0 Å². The first-order valence-electron chi connectivity index (χ1n) is 8.38. The van der Waals surface area contributed by atoms with Gasteiger partial charge in [-0.25, -0.2) is 8.42 Å². The van der Waals surface area contributed by atoms with Crippen molar-refractivity contribution in [3.05, 3.63) is 54.1 Å².